The molecular weight excluding hydrogens is 1310 g/mol. The van der Waals surface area contributed by atoms with Crippen LogP contribution in [0.1, 0.15) is 155 Å². The zero-order valence-electron chi connectivity index (χ0n) is 60.8. The lowest BCUT2D eigenvalue weighted by Crippen LogP contribution is -2.53. The normalized spacial score (nSPS) is 14.4. The Morgan fingerprint density at radius 2 is 0.830 bits per heavy atom. The van der Waals surface area contributed by atoms with Crippen molar-refractivity contribution in [1.29, 1.82) is 0 Å². The molecule has 1 aliphatic heterocycles. The second-order valence-corrected chi connectivity index (χ2v) is 27.6. The number of hydrogen-bond acceptors (Lipinski definition) is 12. The highest BCUT2D eigenvalue weighted by molar-refractivity contribution is 6.08. The van der Waals surface area contributed by atoms with Gasteiger partial charge in [-0.05, 0) is 133 Å². The number of aromatic nitrogens is 8. The fourth-order valence-electron chi connectivity index (χ4n) is 15.6. The van der Waals surface area contributed by atoms with Crippen LogP contribution in [0.5, 0.6) is 0 Å². The Morgan fingerprint density at radius 1 is 0.462 bits per heavy atom. The highest BCUT2D eigenvalue weighted by Gasteiger charge is 2.50. The second-order valence-electron chi connectivity index (χ2n) is 27.6. The first-order chi connectivity index (χ1) is 52.1. The Hall–Kier alpha value is -11.6. The van der Waals surface area contributed by atoms with Gasteiger partial charge in [0.1, 0.15) is 28.0 Å². The van der Waals surface area contributed by atoms with Gasteiger partial charge in [-0.1, -0.05) is 331 Å². The van der Waals surface area contributed by atoms with E-state index in [0.29, 0.717) is 50.6 Å². The largest absolute Gasteiger partial charge is 0.464 e. The molecule has 0 saturated heterocycles. The zero-order chi connectivity index (χ0) is 73.2. The van der Waals surface area contributed by atoms with Crippen molar-refractivity contribution in [2.75, 3.05) is 6.61 Å². The van der Waals surface area contributed by atoms with Gasteiger partial charge in [0, 0.05) is 30.5 Å². The van der Waals surface area contributed by atoms with Crippen LogP contribution in [0.2, 0.25) is 0 Å². The van der Waals surface area contributed by atoms with E-state index in [1.807, 2.05) is 75.8 Å². The van der Waals surface area contributed by atoms with Crippen molar-refractivity contribution < 1.29 is 19.1 Å². The number of amides is 2. The number of nitrogens with zero attached hydrogens (tertiary/aromatic N) is 10. The second kappa shape index (κ2) is 33.9. The van der Waals surface area contributed by atoms with Gasteiger partial charge in [0.05, 0.1) is 13.2 Å². The number of amidine groups is 1. The smallest absolute Gasteiger partial charge is 0.331 e. The van der Waals surface area contributed by atoms with Gasteiger partial charge >= 0.3 is 5.97 Å². The molecule has 3 aliphatic rings. The van der Waals surface area contributed by atoms with Crippen LogP contribution < -0.4 is 11.1 Å². The van der Waals surface area contributed by atoms with Gasteiger partial charge in [-0.3, -0.25) is 19.5 Å². The maximum atomic E-state index is 13.8. The molecular formula is C90H92N12O4. The van der Waals surface area contributed by atoms with Crippen molar-refractivity contribution in [1.82, 2.24) is 50.6 Å². The van der Waals surface area contributed by atoms with Crippen LogP contribution >= 0.6 is 0 Å². The van der Waals surface area contributed by atoms with Crippen LogP contribution in [-0.4, -0.2) is 86.6 Å². The van der Waals surface area contributed by atoms with Crippen molar-refractivity contribution in [2.45, 2.75) is 146 Å². The number of aliphatic imine (C=N–C) groups is 1. The molecule has 0 atom stereocenters. The Labute approximate surface area is 621 Å². The molecule has 2 fully saturated rings. The summed E-state index contributed by atoms with van der Waals surface area (Å²) in [4.78, 5) is 44.5. The first-order valence-corrected chi connectivity index (χ1v) is 37.5. The van der Waals surface area contributed by atoms with E-state index < -0.39 is 22.2 Å². The molecule has 2 aromatic heterocycles. The van der Waals surface area contributed by atoms with Crippen molar-refractivity contribution in [3.63, 3.8) is 0 Å². The third-order valence-electron chi connectivity index (χ3n) is 20.9. The van der Waals surface area contributed by atoms with Crippen LogP contribution in [0.25, 0.3) is 45.0 Å². The minimum Gasteiger partial charge on any atom is -0.464 e. The standard InChI is InChI=1S/C44H42N6O.C33H27N5.C13H23NO3/c1-2-3-25-40-45-43(30-15-16-31-43)42(51)49(40)32-33-26-28-34(29-27-33)38-23-13-14-24-39(38)41-46-47-48-50(41)44(35-17-7-4-8-18-35,36-19-9-5-10-20-36)37-21-11-6-12-22-37;34-24-25-20-22-26(23-21-25)30-18-10-11-19-31(30)32-35-36-37-38(32)33(27-12-4-1-5-13-27,28-14-6-2-7-15-28)29-16-8-3-9-17-29;1-3-5-8-11(15)14-13(9-6-7-10-13)12(16)17-4-2/h4-14,17-24,26-29H,2-3,15-16,25,30-32H2,1H3;1-23H,24,34H2;3-10H2,1-2H3,(H,14,15). The number of carbonyl (C=O) groups is 3. The van der Waals surface area contributed by atoms with E-state index in [1.165, 1.54) is 0 Å². The third kappa shape index (κ3) is 14.9. The quantitative estimate of drug-likeness (QED) is 0.0431. The number of hydrogen-bond donors (Lipinski definition) is 2. The summed E-state index contributed by atoms with van der Waals surface area (Å²) in [7, 11) is 0. The zero-order valence-corrected chi connectivity index (χ0v) is 60.8. The van der Waals surface area contributed by atoms with E-state index in [2.05, 4.69) is 252 Å². The van der Waals surface area contributed by atoms with Gasteiger partial charge < -0.3 is 15.8 Å². The number of nitrogens with two attached hydrogens (primary N) is 1. The number of ether oxygens (including phenoxy) is 1. The number of esters is 1. The van der Waals surface area contributed by atoms with Crippen molar-refractivity contribution >= 4 is 23.6 Å². The van der Waals surface area contributed by atoms with Crippen LogP contribution in [0.4, 0.5) is 0 Å². The molecule has 10 aromatic carbocycles. The summed E-state index contributed by atoms with van der Waals surface area (Å²) in [5.41, 5.74) is 17.5. The van der Waals surface area contributed by atoms with Crippen molar-refractivity contribution in [3.05, 3.63) is 324 Å². The average Bonchev–Trinajstić information content (AvgIpc) is 1.23. The molecule has 3 heterocycles. The molecule has 3 N–H and O–H groups in total. The highest BCUT2D eigenvalue weighted by Crippen LogP contribution is 2.47. The minimum atomic E-state index is -0.852. The Balaban J connectivity index is 0.000000158. The first-order valence-electron chi connectivity index (χ1n) is 37.5. The van der Waals surface area contributed by atoms with Gasteiger partial charge in [0.2, 0.25) is 5.91 Å². The number of nitrogens with one attached hydrogen (secondary N) is 1. The van der Waals surface area contributed by atoms with E-state index in [0.717, 1.165) is 154 Å². The van der Waals surface area contributed by atoms with E-state index in [-0.39, 0.29) is 17.8 Å². The molecule has 0 bridgehead atoms. The summed E-state index contributed by atoms with van der Waals surface area (Å²) in [6.45, 7) is 7.44. The number of rotatable bonds is 24. The molecule has 0 unspecified atom stereocenters. The summed E-state index contributed by atoms with van der Waals surface area (Å²) < 4.78 is 9.03. The maximum absolute atomic E-state index is 13.8. The molecule has 0 radical (unpaired) electrons. The van der Waals surface area contributed by atoms with E-state index >= 15 is 0 Å². The van der Waals surface area contributed by atoms with E-state index in [1.54, 1.807) is 6.92 Å². The lowest BCUT2D eigenvalue weighted by molar-refractivity contribution is -0.153. The molecule has 16 heteroatoms. The van der Waals surface area contributed by atoms with Crippen molar-refractivity contribution in [2.24, 2.45) is 10.7 Å². The maximum Gasteiger partial charge on any atom is 0.331 e. The van der Waals surface area contributed by atoms with Gasteiger partial charge in [-0.25, -0.2) is 14.2 Å². The highest BCUT2D eigenvalue weighted by atomic mass is 16.5. The molecule has 106 heavy (non-hydrogen) atoms. The molecule has 536 valence electrons. The summed E-state index contributed by atoms with van der Waals surface area (Å²) in [5, 5.41) is 30.3. The lowest BCUT2D eigenvalue weighted by Gasteiger charge is -2.36. The molecule has 1 spiro atoms. The van der Waals surface area contributed by atoms with Crippen LogP contribution in [0.3, 0.4) is 0 Å². The Kier molecular flexibility index (Phi) is 23.2. The Morgan fingerprint density at radius 3 is 1.21 bits per heavy atom. The van der Waals surface area contributed by atoms with Crippen LogP contribution in [0.15, 0.2) is 284 Å². The summed E-state index contributed by atoms with van der Waals surface area (Å²) >= 11 is 0. The predicted octanol–water partition coefficient (Wildman–Crippen LogP) is 17.6. The van der Waals surface area contributed by atoms with Gasteiger partial charge in [-0.2, -0.15) is 0 Å². The van der Waals surface area contributed by atoms with Crippen LogP contribution in [-0.2, 0) is 43.3 Å². The molecule has 12 aromatic rings. The first kappa shape index (κ1) is 72.7. The van der Waals surface area contributed by atoms with Gasteiger partial charge in [-0.15, -0.1) is 10.2 Å². The number of tetrazole rings is 2. The van der Waals surface area contributed by atoms with Gasteiger partial charge in [0.15, 0.2) is 11.6 Å². The summed E-state index contributed by atoms with van der Waals surface area (Å²) in [6.07, 6.45) is 12.6. The molecule has 15 rings (SSSR count). The summed E-state index contributed by atoms with van der Waals surface area (Å²) in [5.74, 6) is 2.20. The summed E-state index contributed by atoms with van der Waals surface area (Å²) in [6, 6.07) is 96.2. The van der Waals surface area contributed by atoms with E-state index in [4.69, 9.17) is 31.0 Å². The topological polar surface area (TPSA) is 201 Å². The lowest BCUT2D eigenvalue weighted by atomic mass is 9.77. The van der Waals surface area contributed by atoms with Gasteiger partial charge in [0.25, 0.3) is 5.91 Å². The van der Waals surface area contributed by atoms with E-state index in [9.17, 15) is 14.4 Å². The molecule has 2 amide bonds. The minimum absolute atomic E-state index is 0.0261. The number of unbranched alkanes of at least 4 members (excludes halogenated alkanes) is 2. The Bertz CT molecular complexity index is 4670. The third-order valence-corrected chi connectivity index (χ3v) is 20.9. The molecule has 2 aliphatic carbocycles. The monoisotopic (exact) mass is 1400 g/mol. The van der Waals surface area contributed by atoms with Crippen LogP contribution in [0, 0.1) is 0 Å². The molecule has 16 nitrogen and oxygen atoms in total. The fraction of sp³-hybridized carbons (Fsp3) is 0.267. The fourth-order valence-corrected chi connectivity index (χ4v) is 15.6. The number of carbonyl (C=O) groups excluding carboxylic acids is 3. The average molecular weight is 1410 g/mol. The molecule has 2 saturated carbocycles. The number of benzene rings is 10. The SMILES string of the molecule is CCCCC(=O)NC1(C(=O)OCC)CCCC1.CCCCC1=NC2(CCCC2)C(=O)N1Cc1ccc(-c2ccccc2-c2nnnn2C(c2ccccc2)(c2ccccc2)c2ccccc2)cc1.NCc1ccc(-c2ccccc2-c2nnnn2C(c2ccccc2)(c2ccccc2)c2ccccc2)cc1. The predicted molar refractivity (Wildman–Crippen MR) is 419 cm³/mol. The van der Waals surface area contributed by atoms with Crippen molar-refractivity contribution in [3.8, 4) is 45.0 Å².